The van der Waals surface area contributed by atoms with Crippen LogP contribution in [0.2, 0.25) is 10.0 Å². The van der Waals surface area contributed by atoms with Crippen LogP contribution in [0.5, 0.6) is 5.75 Å². The minimum absolute atomic E-state index is 0.0745. The molecule has 1 aromatic heterocycles. The lowest BCUT2D eigenvalue weighted by Crippen LogP contribution is -1.94. The molecule has 26 heavy (non-hydrogen) atoms. The molecule has 3 aromatic rings. The molecular formula is C19H10Cl2N4O. The second kappa shape index (κ2) is 6.98. The first-order chi connectivity index (χ1) is 12.5. The van der Waals surface area contributed by atoms with Crippen LogP contribution in [0.15, 0.2) is 24.3 Å². The number of nitriles is 3. The first kappa shape index (κ1) is 17.6. The molecule has 0 saturated heterocycles. The highest BCUT2D eigenvalue weighted by molar-refractivity contribution is 6.37. The number of nitrogens with zero attached hydrogens (tertiary/aromatic N) is 3. The van der Waals surface area contributed by atoms with Gasteiger partial charge in [-0.1, -0.05) is 23.2 Å². The van der Waals surface area contributed by atoms with Crippen LogP contribution in [0.1, 0.15) is 27.9 Å². The van der Waals surface area contributed by atoms with Gasteiger partial charge in [0.25, 0.3) is 0 Å². The number of methoxy groups -OCH3 is 1. The van der Waals surface area contributed by atoms with Gasteiger partial charge in [0.1, 0.15) is 24.0 Å². The fourth-order valence-corrected chi connectivity index (χ4v) is 3.42. The minimum atomic E-state index is 0.0745. The van der Waals surface area contributed by atoms with Crippen molar-refractivity contribution >= 4 is 34.1 Å². The molecule has 0 radical (unpaired) electrons. The number of hydrogen-bond acceptors (Lipinski definition) is 4. The van der Waals surface area contributed by atoms with Gasteiger partial charge in [0.15, 0.2) is 0 Å². The molecule has 126 valence electrons. The molecule has 0 aliphatic carbocycles. The maximum absolute atomic E-state index is 9.44. The first-order valence-electron chi connectivity index (χ1n) is 7.43. The predicted octanol–water partition coefficient (Wildman–Crippen LogP) is 4.69. The van der Waals surface area contributed by atoms with Crippen LogP contribution in [0.4, 0.5) is 0 Å². The molecule has 0 atom stereocenters. The Kier molecular flexibility index (Phi) is 4.74. The van der Waals surface area contributed by atoms with Crippen molar-refractivity contribution in [2.24, 2.45) is 0 Å². The Morgan fingerprint density at radius 1 is 1.04 bits per heavy atom. The van der Waals surface area contributed by atoms with Gasteiger partial charge in [-0.2, -0.15) is 15.8 Å². The maximum atomic E-state index is 9.44. The van der Waals surface area contributed by atoms with E-state index >= 15 is 0 Å². The fraction of sp³-hybridized carbons (Fsp3) is 0.105. The summed E-state index contributed by atoms with van der Waals surface area (Å²) in [5.41, 5.74) is 2.42. The van der Waals surface area contributed by atoms with E-state index in [2.05, 4.69) is 4.98 Å². The lowest BCUT2D eigenvalue weighted by molar-refractivity contribution is 0.414. The quantitative estimate of drug-likeness (QED) is 0.712. The molecular weight excluding hydrogens is 371 g/mol. The van der Waals surface area contributed by atoms with Crippen LogP contribution in [-0.2, 0) is 6.42 Å². The summed E-state index contributed by atoms with van der Waals surface area (Å²) in [7, 11) is 1.52. The van der Waals surface area contributed by atoms with E-state index in [0.29, 0.717) is 38.7 Å². The molecule has 1 N–H and O–H groups in total. The van der Waals surface area contributed by atoms with Crippen LogP contribution in [0.3, 0.4) is 0 Å². The standard InChI is InChI=1S/C19H10Cl2N4O/c1-26-18-3-2-16(20)13(19(18)21)6-11-5-12-15(9-24)14(8-23)10(7-22)4-17(12)25-11/h2-5,25H,6H2,1H3. The van der Waals surface area contributed by atoms with Crippen molar-refractivity contribution in [2.75, 3.05) is 7.11 Å². The Labute approximate surface area is 159 Å². The van der Waals surface area contributed by atoms with E-state index in [1.807, 2.05) is 18.2 Å². The van der Waals surface area contributed by atoms with Crippen molar-refractivity contribution in [3.8, 4) is 24.0 Å². The summed E-state index contributed by atoms with van der Waals surface area (Å²) in [6, 6.07) is 12.6. The van der Waals surface area contributed by atoms with Crippen molar-refractivity contribution in [3.05, 3.63) is 62.3 Å². The number of hydrogen-bond donors (Lipinski definition) is 1. The Bertz CT molecular complexity index is 1160. The average Bonchev–Trinajstić information content (AvgIpc) is 3.05. The number of fused-ring (bicyclic) bond motifs is 1. The number of H-pyrrole nitrogens is 1. The number of benzene rings is 2. The molecule has 0 unspecified atom stereocenters. The number of ether oxygens (including phenoxy) is 1. The Balaban J connectivity index is 2.17. The van der Waals surface area contributed by atoms with Gasteiger partial charge in [0, 0.05) is 28.0 Å². The summed E-state index contributed by atoms with van der Waals surface area (Å²) in [6.45, 7) is 0. The maximum Gasteiger partial charge on any atom is 0.137 e. The lowest BCUT2D eigenvalue weighted by atomic mass is 9.99. The van der Waals surface area contributed by atoms with E-state index in [1.165, 1.54) is 7.11 Å². The van der Waals surface area contributed by atoms with Gasteiger partial charge >= 0.3 is 0 Å². The van der Waals surface area contributed by atoms with Crippen LogP contribution >= 0.6 is 23.2 Å². The summed E-state index contributed by atoms with van der Waals surface area (Å²) in [5.74, 6) is 0.512. The molecule has 0 fully saturated rings. The zero-order valence-electron chi connectivity index (χ0n) is 13.5. The van der Waals surface area contributed by atoms with E-state index in [1.54, 1.807) is 24.3 Å². The molecule has 2 aromatic carbocycles. The highest BCUT2D eigenvalue weighted by Gasteiger charge is 2.17. The summed E-state index contributed by atoms with van der Waals surface area (Å²) in [5, 5.41) is 29.4. The molecule has 1 heterocycles. The van der Waals surface area contributed by atoms with E-state index in [-0.39, 0.29) is 16.7 Å². The molecule has 0 saturated carbocycles. The van der Waals surface area contributed by atoms with Crippen molar-refractivity contribution in [1.82, 2.24) is 4.98 Å². The highest BCUT2D eigenvalue weighted by Crippen LogP contribution is 2.35. The second-order valence-electron chi connectivity index (χ2n) is 5.48. The Hall–Kier alpha value is -3.17. The van der Waals surface area contributed by atoms with Gasteiger partial charge in [0.05, 0.1) is 28.8 Å². The lowest BCUT2D eigenvalue weighted by Gasteiger charge is -2.10. The van der Waals surface area contributed by atoms with Gasteiger partial charge in [-0.3, -0.25) is 0 Å². The zero-order valence-corrected chi connectivity index (χ0v) is 15.0. The smallest absolute Gasteiger partial charge is 0.137 e. The SMILES string of the molecule is COc1ccc(Cl)c(Cc2cc3c(C#N)c(C#N)c(C#N)cc3[nH]2)c1Cl. The topological polar surface area (TPSA) is 96.4 Å². The third kappa shape index (κ3) is 2.83. The Morgan fingerprint density at radius 3 is 2.38 bits per heavy atom. The molecule has 0 spiro atoms. The van der Waals surface area contributed by atoms with Gasteiger partial charge in [-0.05, 0) is 29.8 Å². The van der Waals surface area contributed by atoms with E-state index in [4.69, 9.17) is 27.9 Å². The largest absolute Gasteiger partial charge is 0.495 e. The van der Waals surface area contributed by atoms with Gasteiger partial charge in [-0.15, -0.1) is 0 Å². The van der Waals surface area contributed by atoms with Gasteiger partial charge in [-0.25, -0.2) is 0 Å². The summed E-state index contributed by atoms with van der Waals surface area (Å²) in [6.07, 6.45) is 0.373. The van der Waals surface area contributed by atoms with Crippen LogP contribution in [0.25, 0.3) is 10.9 Å². The van der Waals surface area contributed by atoms with Gasteiger partial charge in [0.2, 0.25) is 0 Å². The number of aromatic amines is 1. The fourth-order valence-electron chi connectivity index (χ4n) is 2.84. The first-order valence-corrected chi connectivity index (χ1v) is 8.19. The molecule has 0 aliphatic heterocycles. The van der Waals surface area contributed by atoms with E-state index in [9.17, 15) is 15.8 Å². The van der Waals surface area contributed by atoms with Crippen molar-refractivity contribution in [3.63, 3.8) is 0 Å². The monoisotopic (exact) mass is 380 g/mol. The molecule has 0 amide bonds. The van der Waals surface area contributed by atoms with Crippen LogP contribution in [-0.4, -0.2) is 12.1 Å². The normalized spacial score (nSPS) is 10.2. The number of halogens is 2. The van der Waals surface area contributed by atoms with Crippen LogP contribution in [0, 0.1) is 34.0 Å². The third-order valence-corrected chi connectivity index (χ3v) is 4.83. The molecule has 7 heteroatoms. The summed E-state index contributed by atoms with van der Waals surface area (Å²) in [4.78, 5) is 3.17. The van der Waals surface area contributed by atoms with Crippen molar-refractivity contribution in [1.29, 1.82) is 15.8 Å². The highest BCUT2D eigenvalue weighted by atomic mass is 35.5. The number of nitrogens with one attached hydrogen (secondary N) is 1. The van der Waals surface area contributed by atoms with E-state index in [0.717, 1.165) is 5.69 Å². The zero-order chi connectivity index (χ0) is 18.8. The molecule has 3 rings (SSSR count). The van der Waals surface area contributed by atoms with Crippen molar-refractivity contribution < 1.29 is 4.74 Å². The summed E-state index contributed by atoms with van der Waals surface area (Å²) < 4.78 is 5.22. The summed E-state index contributed by atoms with van der Waals surface area (Å²) >= 11 is 12.6. The molecule has 0 aliphatic rings. The number of aromatic nitrogens is 1. The van der Waals surface area contributed by atoms with Gasteiger partial charge < -0.3 is 9.72 Å². The van der Waals surface area contributed by atoms with E-state index < -0.39 is 0 Å². The molecule has 5 nitrogen and oxygen atoms in total. The average molecular weight is 381 g/mol. The van der Waals surface area contributed by atoms with Crippen molar-refractivity contribution in [2.45, 2.75) is 6.42 Å². The minimum Gasteiger partial charge on any atom is -0.495 e. The second-order valence-corrected chi connectivity index (χ2v) is 6.27. The molecule has 0 bridgehead atoms. The Morgan fingerprint density at radius 2 is 1.77 bits per heavy atom. The third-order valence-electron chi connectivity index (χ3n) is 4.06. The number of rotatable bonds is 3. The van der Waals surface area contributed by atoms with Crippen LogP contribution < -0.4 is 4.74 Å². The predicted molar refractivity (Wildman–Crippen MR) is 98.3 cm³/mol.